The molecule has 9 nitrogen and oxygen atoms in total. The fraction of sp³-hybridized carbons (Fsp3) is 0.429. The molecule has 37 heavy (non-hydrogen) atoms. The Kier molecular flexibility index (Phi) is 7.36. The number of esters is 1. The van der Waals surface area contributed by atoms with Crippen LogP contribution in [0.5, 0.6) is 11.5 Å². The molecule has 0 unspecified atom stereocenters. The summed E-state index contributed by atoms with van der Waals surface area (Å²) in [7, 11) is 3.05. The van der Waals surface area contributed by atoms with Gasteiger partial charge in [-0.1, -0.05) is 31.5 Å². The molecule has 0 radical (unpaired) electrons. The van der Waals surface area contributed by atoms with Crippen molar-refractivity contribution in [3.8, 4) is 11.5 Å². The first kappa shape index (κ1) is 26.3. The number of methoxy groups -OCH3 is 2. The molecular weight excluding hydrogens is 476 g/mol. The van der Waals surface area contributed by atoms with Crippen LogP contribution in [-0.4, -0.2) is 49.9 Å². The highest BCUT2D eigenvalue weighted by Gasteiger charge is 2.69. The van der Waals surface area contributed by atoms with Crippen LogP contribution in [-0.2, 0) is 19.1 Å². The molecule has 4 atom stereocenters. The Morgan fingerprint density at radius 1 is 1.03 bits per heavy atom. The van der Waals surface area contributed by atoms with Crippen LogP contribution in [0.3, 0.4) is 0 Å². The number of hydrogen-bond donors (Lipinski definition) is 1. The zero-order valence-electron chi connectivity index (χ0n) is 21.7. The number of hydrogen-bond acceptors (Lipinski definition) is 8. The van der Waals surface area contributed by atoms with E-state index >= 15 is 0 Å². The van der Waals surface area contributed by atoms with Crippen molar-refractivity contribution in [1.82, 2.24) is 5.32 Å². The summed E-state index contributed by atoms with van der Waals surface area (Å²) in [6.07, 6.45) is 0.866. The molecule has 0 bridgehead atoms. The maximum Gasteiger partial charge on any atom is 0.327 e. The van der Waals surface area contributed by atoms with Crippen molar-refractivity contribution in [1.29, 1.82) is 0 Å². The number of ketones is 1. The number of rotatable bonds is 9. The van der Waals surface area contributed by atoms with E-state index in [4.69, 9.17) is 14.2 Å². The zero-order valence-corrected chi connectivity index (χ0v) is 21.7. The fourth-order valence-corrected chi connectivity index (χ4v) is 5.64. The van der Waals surface area contributed by atoms with E-state index in [2.05, 4.69) is 5.32 Å². The number of Topliss-reactive ketones (excluding diaryl/α,β-unsaturated/α-hetero) is 1. The smallest absolute Gasteiger partial charge is 0.327 e. The number of carbonyl (C=O) groups is 4. The molecule has 0 saturated carbocycles. The van der Waals surface area contributed by atoms with E-state index in [0.29, 0.717) is 41.2 Å². The van der Waals surface area contributed by atoms with E-state index in [9.17, 15) is 19.2 Å². The predicted molar refractivity (Wildman–Crippen MR) is 136 cm³/mol. The average molecular weight is 509 g/mol. The Balaban J connectivity index is 1.90. The van der Waals surface area contributed by atoms with Gasteiger partial charge in [-0.05, 0) is 38.5 Å². The molecule has 0 aliphatic carbocycles. The topological polar surface area (TPSA) is 111 Å². The Labute approximate surface area is 216 Å². The second-order valence-corrected chi connectivity index (χ2v) is 9.29. The first-order chi connectivity index (χ1) is 17.7. The molecule has 2 heterocycles. The summed E-state index contributed by atoms with van der Waals surface area (Å²) in [6.45, 7) is 5.17. The van der Waals surface area contributed by atoms with E-state index in [1.807, 2.05) is 6.92 Å². The Morgan fingerprint density at radius 2 is 1.78 bits per heavy atom. The zero-order chi connectivity index (χ0) is 26.9. The second-order valence-electron chi connectivity index (χ2n) is 9.29. The van der Waals surface area contributed by atoms with Crippen LogP contribution in [0.1, 0.15) is 55.6 Å². The van der Waals surface area contributed by atoms with Crippen molar-refractivity contribution in [2.24, 2.45) is 11.8 Å². The maximum absolute atomic E-state index is 14.0. The molecule has 2 amide bonds. The summed E-state index contributed by atoms with van der Waals surface area (Å²) < 4.78 is 16.4. The van der Waals surface area contributed by atoms with Crippen molar-refractivity contribution in [2.45, 2.75) is 45.2 Å². The van der Waals surface area contributed by atoms with Gasteiger partial charge in [0.1, 0.15) is 17.0 Å². The highest BCUT2D eigenvalue weighted by Crippen LogP contribution is 2.53. The molecule has 1 N–H and O–H groups in total. The third-order valence-corrected chi connectivity index (χ3v) is 7.22. The molecule has 196 valence electrons. The Morgan fingerprint density at radius 3 is 2.41 bits per heavy atom. The molecule has 9 heteroatoms. The van der Waals surface area contributed by atoms with Crippen LogP contribution in [0.25, 0.3) is 0 Å². The minimum absolute atomic E-state index is 0.131. The molecule has 4 rings (SSSR count). The third kappa shape index (κ3) is 4.27. The minimum atomic E-state index is -1.41. The summed E-state index contributed by atoms with van der Waals surface area (Å²) in [6, 6.07) is 10.9. The lowest BCUT2D eigenvalue weighted by Gasteiger charge is -2.33. The molecule has 2 aromatic carbocycles. The number of nitrogens with one attached hydrogen (secondary N) is 1. The molecule has 2 aliphatic heterocycles. The quantitative estimate of drug-likeness (QED) is 0.312. The predicted octanol–water partition coefficient (Wildman–Crippen LogP) is 3.46. The van der Waals surface area contributed by atoms with Crippen LogP contribution in [0.4, 0.5) is 5.69 Å². The van der Waals surface area contributed by atoms with Crippen LogP contribution < -0.4 is 19.7 Å². The van der Waals surface area contributed by atoms with Crippen LogP contribution >= 0.6 is 0 Å². The summed E-state index contributed by atoms with van der Waals surface area (Å²) in [4.78, 5) is 54.7. The summed E-state index contributed by atoms with van der Waals surface area (Å²) >= 11 is 0. The van der Waals surface area contributed by atoms with E-state index in [1.165, 1.54) is 27.2 Å². The van der Waals surface area contributed by atoms with Gasteiger partial charge in [-0.2, -0.15) is 0 Å². The highest BCUT2D eigenvalue weighted by molar-refractivity contribution is 6.24. The monoisotopic (exact) mass is 508 g/mol. The van der Waals surface area contributed by atoms with Crippen LogP contribution in [0.2, 0.25) is 0 Å². The Hall–Kier alpha value is -3.72. The summed E-state index contributed by atoms with van der Waals surface area (Å²) in [5.41, 5.74) is -0.107. The number of nitrogens with zero attached hydrogens (tertiary/aromatic N) is 1. The van der Waals surface area contributed by atoms with Gasteiger partial charge in [0, 0.05) is 23.2 Å². The van der Waals surface area contributed by atoms with Crippen molar-refractivity contribution >= 4 is 29.3 Å². The minimum Gasteiger partial charge on any atom is -0.497 e. The number of ether oxygens (including phenoxy) is 3. The van der Waals surface area contributed by atoms with Crippen molar-refractivity contribution in [2.75, 3.05) is 25.7 Å². The molecule has 0 aromatic heterocycles. The fourth-order valence-electron chi connectivity index (χ4n) is 5.64. The largest absolute Gasteiger partial charge is 0.497 e. The van der Waals surface area contributed by atoms with Crippen molar-refractivity contribution < 1.29 is 33.4 Å². The first-order valence-electron chi connectivity index (χ1n) is 12.4. The summed E-state index contributed by atoms with van der Waals surface area (Å²) in [5, 5.41) is 3.37. The van der Waals surface area contributed by atoms with Gasteiger partial charge in [0.05, 0.1) is 38.3 Å². The standard InChI is InChI=1S/C28H32N2O7/c1-6-13-28(27(34)37-7-2)23-22(24(29-28)20-12-11-19(35-4)15-21(20)36-5)25(32)30(26(23)33)18-10-8-9-17(14-18)16(3)31/h8-12,14-15,22-24,29H,6-7,13H2,1-5H3/t22-,23-,24-,28-/m0/s1. The normalized spacial score (nSPS) is 24.7. The number of amides is 2. The van der Waals surface area contributed by atoms with Crippen LogP contribution in [0, 0.1) is 11.8 Å². The lowest BCUT2D eigenvalue weighted by Crippen LogP contribution is -2.56. The van der Waals surface area contributed by atoms with Gasteiger partial charge < -0.3 is 14.2 Å². The third-order valence-electron chi connectivity index (χ3n) is 7.22. The van der Waals surface area contributed by atoms with Crippen molar-refractivity contribution in [3.05, 3.63) is 53.6 Å². The Bertz CT molecular complexity index is 1240. The molecular formula is C28H32N2O7. The molecule has 2 aromatic rings. The van der Waals surface area contributed by atoms with Gasteiger partial charge >= 0.3 is 5.97 Å². The first-order valence-corrected chi connectivity index (χ1v) is 12.4. The second kappa shape index (κ2) is 10.3. The molecule has 2 saturated heterocycles. The van der Waals surface area contributed by atoms with E-state index in [1.54, 1.807) is 43.3 Å². The summed E-state index contributed by atoms with van der Waals surface area (Å²) in [5.74, 6) is -2.57. The lowest BCUT2D eigenvalue weighted by atomic mass is 9.77. The highest BCUT2D eigenvalue weighted by atomic mass is 16.5. The van der Waals surface area contributed by atoms with E-state index < -0.39 is 41.2 Å². The average Bonchev–Trinajstić information content (AvgIpc) is 3.37. The lowest BCUT2D eigenvalue weighted by molar-refractivity contribution is -0.155. The van der Waals surface area contributed by atoms with Gasteiger partial charge in [0.15, 0.2) is 5.78 Å². The maximum atomic E-state index is 14.0. The molecule has 2 aliphatic rings. The SMILES string of the molecule is CCC[C@]1(C(=O)OCC)N[C@@H](c2ccc(OC)cc2OC)[C@H]2C(=O)N(c3cccc(C(C)=O)c3)C(=O)[C@H]21. The molecule has 0 spiro atoms. The van der Waals surface area contributed by atoms with Crippen molar-refractivity contribution in [3.63, 3.8) is 0 Å². The number of fused-ring (bicyclic) bond motifs is 1. The van der Waals surface area contributed by atoms with E-state index in [0.717, 1.165) is 4.90 Å². The number of imide groups is 1. The van der Waals surface area contributed by atoms with Crippen LogP contribution in [0.15, 0.2) is 42.5 Å². The van der Waals surface area contributed by atoms with Gasteiger partial charge in [0.25, 0.3) is 0 Å². The van der Waals surface area contributed by atoms with Gasteiger partial charge in [-0.3, -0.25) is 24.5 Å². The molecule has 2 fully saturated rings. The van der Waals surface area contributed by atoms with Gasteiger partial charge in [-0.25, -0.2) is 4.90 Å². The number of benzene rings is 2. The van der Waals surface area contributed by atoms with Gasteiger partial charge in [-0.15, -0.1) is 0 Å². The van der Waals surface area contributed by atoms with E-state index in [-0.39, 0.29) is 12.4 Å². The van der Waals surface area contributed by atoms with Gasteiger partial charge in [0.2, 0.25) is 11.8 Å². The number of anilines is 1. The number of carbonyl (C=O) groups excluding carboxylic acids is 4.